The van der Waals surface area contributed by atoms with E-state index in [1.54, 1.807) is 29.2 Å². The number of hydrogen-bond donors (Lipinski definition) is 0. The summed E-state index contributed by atoms with van der Waals surface area (Å²) >= 11 is 11.2. The van der Waals surface area contributed by atoms with Gasteiger partial charge in [-0.3, -0.25) is 0 Å². The first kappa shape index (κ1) is 62.5. The molecule has 0 fully saturated rings. The zero-order valence-electron chi connectivity index (χ0n) is 40.5. The smallest absolute Gasteiger partial charge is 0.160 e. The molecule has 0 N–H and O–H groups in total. The van der Waals surface area contributed by atoms with Crippen molar-refractivity contribution in [3.8, 4) is 0 Å². The van der Waals surface area contributed by atoms with Gasteiger partial charge >= 0.3 is 349 Å². The van der Waals surface area contributed by atoms with Gasteiger partial charge < -0.3 is 27.7 Å². The predicted octanol–water partition coefficient (Wildman–Crippen LogP) is 14.4. The number of rotatable bonds is 33. The largest absolute Gasteiger partial charge is 0.850 e. The van der Waals surface area contributed by atoms with E-state index in [-0.39, 0.29) is 0 Å². The van der Waals surface area contributed by atoms with Crippen LogP contribution in [-0.4, -0.2) is 0 Å². The summed E-state index contributed by atoms with van der Waals surface area (Å²) in [5, 5.41) is 0. The van der Waals surface area contributed by atoms with Crippen LogP contribution in [0, 0.1) is 0 Å². The minimum atomic E-state index is -3.72. The molecular formula is C54H87O2PS2Zn3. The zero-order valence-corrected chi connectivity index (χ0v) is 51.9. The van der Waals surface area contributed by atoms with E-state index >= 15 is 0 Å². The van der Waals surface area contributed by atoms with Crippen molar-refractivity contribution in [1.29, 1.82) is 0 Å². The fourth-order valence-corrected chi connectivity index (χ4v) is 10.5. The number of aryl methyl sites for hydroxylation is 3. The third-order valence-corrected chi connectivity index (χ3v) is 16.1. The molecule has 3 aromatic rings. The Balaban J connectivity index is 0.000000851. The Morgan fingerprint density at radius 1 is 0.355 bits per heavy atom. The van der Waals surface area contributed by atoms with Crippen molar-refractivity contribution >= 4 is 42.2 Å². The van der Waals surface area contributed by atoms with Gasteiger partial charge in [-0.1, -0.05) is 40.0 Å². The second-order valence-electron chi connectivity index (χ2n) is 17.5. The van der Waals surface area contributed by atoms with Crippen molar-refractivity contribution in [3.63, 3.8) is 0 Å². The van der Waals surface area contributed by atoms with E-state index in [1.807, 2.05) is 0 Å². The Morgan fingerprint density at radius 2 is 0.516 bits per heavy atom. The van der Waals surface area contributed by atoms with Crippen LogP contribution in [0.25, 0.3) is 0 Å². The van der Waals surface area contributed by atoms with E-state index in [0.717, 1.165) is 0 Å². The molecule has 3 rings (SSSR count). The van der Waals surface area contributed by atoms with Gasteiger partial charge in [-0.2, -0.15) is 11.8 Å². The molecule has 0 saturated carbocycles. The van der Waals surface area contributed by atoms with E-state index < -0.39 is 5.69 Å². The number of unbranched alkanes of at least 4 members (excludes halogenated alkanes) is 27. The molecule has 3 aromatic carbocycles. The van der Waals surface area contributed by atoms with Gasteiger partial charge in [0, 0.05) is 0 Å². The first-order chi connectivity index (χ1) is 30.0. The summed E-state index contributed by atoms with van der Waals surface area (Å²) in [6.07, 6.45) is 46.8. The summed E-state index contributed by atoms with van der Waals surface area (Å²) in [6, 6.07) is 26.8. The quantitative estimate of drug-likeness (QED) is 0.0264. The Kier molecular flexibility index (Phi) is 46.9. The first-order valence-corrected chi connectivity index (χ1v) is 33.6. The molecule has 0 aliphatic rings. The SMILES string of the molecule is CCCCCCCCCCCCc1cccc[c]1[Zn+].CCCCCCCCCCCCc1cccc[c]1[Zn+].CCCCCCCCCCCCc1cccc[c]1[Zn+].[O-]P([O-])(=S)[S-]. The van der Waals surface area contributed by atoms with Gasteiger partial charge in [-0.15, -0.1) is 0 Å². The van der Waals surface area contributed by atoms with E-state index in [9.17, 15) is 9.79 Å². The fraction of sp³-hybridized carbons (Fsp3) is 0.667. The minimum absolute atomic E-state index is 1.30. The third-order valence-electron chi connectivity index (χ3n) is 11.8. The van der Waals surface area contributed by atoms with Crippen LogP contribution in [0.4, 0.5) is 0 Å². The summed E-state index contributed by atoms with van der Waals surface area (Å²) in [5.74, 6) is 0. The average molecular weight is 1060 g/mol. The van der Waals surface area contributed by atoms with E-state index in [0.29, 0.717) is 0 Å². The molecule has 0 radical (unpaired) electrons. The molecule has 0 unspecified atom stereocenters. The summed E-state index contributed by atoms with van der Waals surface area (Å²) in [7, 11) is 0. The molecule has 0 amide bonds. The molecule has 0 atom stereocenters. The van der Waals surface area contributed by atoms with Crippen molar-refractivity contribution < 1.29 is 64.7 Å². The summed E-state index contributed by atoms with van der Waals surface area (Å²) in [6.45, 7) is 6.87. The Bertz CT molecular complexity index is 1290. The normalized spacial score (nSPS) is 11.0. The van der Waals surface area contributed by atoms with Crippen molar-refractivity contribution in [2.75, 3.05) is 0 Å². The van der Waals surface area contributed by atoms with Crippen LogP contribution < -0.4 is 22.3 Å². The average Bonchev–Trinajstić information content (AvgIpc) is 3.24. The minimum Gasteiger partial charge on any atom is -0.850 e. The van der Waals surface area contributed by atoms with Gasteiger partial charge in [-0.05, 0) is 0 Å². The Hall–Kier alpha value is 0.450. The van der Waals surface area contributed by atoms with Crippen LogP contribution in [-0.2, 0) is 98.2 Å². The van der Waals surface area contributed by atoms with E-state index in [1.165, 1.54) is 267 Å². The Morgan fingerprint density at radius 3 is 0.694 bits per heavy atom. The van der Waals surface area contributed by atoms with Gasteiger partial charge in [0.25, 0.3) is 0 Å². The molecule has 0 bridgehead atoms. The molecule has 62 heavy (non-hydrogen) atoms. The van der Waals surface area contributed by atoms with Crippen molar-refractivity contribution in [3.05, 3.63) is 89.5 Å². The molecule has 0 aromatic heterocycles. The predicted molar refractivity (Wildman–Crippen MR) is 267 cm³/mol. The van der Waals surface area contributed by atoms with E-state index in [4.69, 9.17) is 0 Å². The molecule has 338 valence electrons. The van der Waals surface area contributed by atoms with Crippen LogP contribution in [0.1, 0.15) is 230 Å². The maximum Gasteiger partial charge on any atom is -0.160 e. The van der Waals surface area contributed by atoms with E-state index in [2.05, 4.69) is 118 Å². The topological polar surface area (TPSA) is 46.1 Å². The molecule has 0 aliphatic carbocycles. The molecule has 0 spiro atoms. The van der Waals surface area contributed by atoms with Crippen molar-refractivity contribution in [1.82, 2.24) is 0 Å². The molecule has 2 nitrogen and oxygen atoms in total. The van der Waals surface area contributed by atoms with Crippen LogP contribution >= 0.6 is 5.69 Å². The van der Waals surface area contributed by atoms with Crippen molar-refractivity contribution in [2.24, 2.45) is 0 Å². The summed E-state index contributed by atoms with van der Waals surface area (Å²) < 4.78 is 4.75. The van der Waals surface area contributed by atoms with Gasteiger partial charge in [0.1, 0.15) is 0 Å². The summed E-state index contributed by atoms with van der Waals surface area (Å²) in [4.78, 5) is 18.6. The maximum absolute atomic E-state index is 9.29. The Labute approximate surface area is 425 Å². The van der Waals surface area contributed by atoms with Crippen LogP contribution in [0.15, 0.2) is 72.8 Å². The molecular weight excluding hydrogens is 972 g/mol. The second-order valence-corrected chi connectivity index (χ2v) is 26.8. The monoisotopic (exact) mass is 1050 g/mol. The standard InChI is InChI=1S/3C18H29.H3O2PS2.3Zn/c3*1-2-3-4-5-6-7-8-9-10-12-15-18-16-13-11-14-17-18;1-3(2,4)5;;;/h3*11,13-14,16H,2-10,12,15H2,1H3;(H3,1,2,4,5);;;/q;;;;3*+1/p-3. The fourth-order valence-electron chi connectivity index (χ4n) is 7.81. The third kappa shape index (κ3) is 44.3. The number of benzene rings is 3. The number of hydrogen-bond acceptors (Lipinski definition) is 4. The molecule has 0 heterocycles. The van der Waals surface area contributed by atoms with Gasteiger partial charge in [0.2, 0.25) is 0 Å². The van der Waals surface area contributed by atoms with Gasteiger partial charge in [0.05, 0.1) is 0 Å². The van der Waals surface area contributed by atoms with Gasteiger partial charge in [-0.25, -0.2) is 0 Å². The van der Waals surface area contributed by atoms with Gasteiger partial charge in [0.15, 0.2) is 0 Å². The second kappa shape index (κ2) is 46.6. The molecule has 0 aliphatic heterocycles. The first-order valence-electron chi connectivity index (χ1n) is 25.5. The zero-order chi connectivity index (χ0) is 45.8. The molecule has 8 heteroatoms. The van der Waals surface area contributed by atoms with Crippen molar-refractivity contribution in [2.45, 2.75) is 233 Å². The van der Waals surface area contributed by atoms with Crippen LogP contribution in [0.3, 0.4) is 0 Å². The maximum atomic E-state index is 9.29. The van der Waals surface area contributed by atoms with Crippen LogP contribution in [0.2, 0.25) is 0 Å². The summed E-state index contributed by atoms with van der Waals surface area (Å²) in [5.41, 5.74) is 1.08. The van der Waals surface area contributed by atoms with Crippen LogP contribution in [0.5, 0.6) is 0 Å². The molecule has 0 saturated heterocycles.